The molecule has 0 rings (SSSR count). The third-order valence-corrected chi connectivity index (χ3v) is 5.57. The van der Waals surface area contributed by atoms with E-state index in [4.69, 9.17) is 29.9 Å². The highest BCUT2D eigenvalue weighted by Crippen LogP contribution is 2.47. The molecule has 0 aliphatic carbocycles. The Morgan fingerprint density at radius 2 is 1.48 bits per heavy atom. The van der Waals surface area contributed by atoms with Crippen molar-refractivity contribution < 1.29 is 38.0 Å². The maximum absolute atomic E-state index is 11.9. The smallest absolute Gasteiger partial charge is 0.463 e. The van der Waals surface area contributed by atoms with Crippen LogP contribution in [-0.4, -0.2) is 48.7 Å². The van der Waals surface area contributed by atoms with Crippen LogP contribution in [0.25, 0.3) is 0 Å². The largest absolute Gasteiger partial charge is 0.491 e. The normalized spacial score (nSPS) is 14.5. The van der Waals surface area contributed by atoms with E-state index in [2.05, 4.69) is 11.5 Å². The van der Waals surface area contributed by atoms with Gasteiger partial charge in [0.2, 0.25) is 0 Å². The average Bonchev–Trinajstić information content (AvgIpc) is 2.73. The van der Waals surface area contributed by atoms with E-state index in [1.54, 1.807) is 0 Å². The Kier molecular flexibility index (Phi) is 19.1. The summed E-state index contributed by atoms with van der Waals surface area (Å²) in [5, 5.41) is 17.8. The molecule has 2 unspecified atom stereocenters. The van der Waals surface area contributed by atoms with Gasteiger partial charge in [-0.05, 0) is 6.42 Å². The number of rotatable bonds is 21. The molecule has 0 aliphatic rings. The van der Waals surface area contributed by atoms with Gasteiger partial charge < -0.3 is 14.9 Å². The molecular weight excluding hydrogens is 401 g/mol. The number of ether oxygens (including phenoxy) is 1. The summed E-state index contributed by atoms with van der Waals surface area (Å²) in [4.78, 5) is 11.7. The standard InChI is InChI=1S/C19H40NO8P/c1-2-3-4-5-6-7-8-9-10-11-12-13-19(23)25-14-15-26-29(24,28-20)27-17-18(22)16-21/h18,21-22H,2-17,20H2,1H3. The number of hydrogen-bond acceptors (Lipinski definition) is 9. The lowest BCUT2D eigenvalue weighted by Crippen LogP contribution is -2.20. The van der Waals surface area contributed by atoms with Crippen LogP contribution >= 0.6 is 7.82 Å². The highest BCUT2D eigenvalue weighted by Gasteiger charge is 2.27. The number of aliphatic hydroxyl groups excluding tert-OH is 2. The van der Waals surface area contributed by atoms with E-state index in [0.29, 0.717) is 6.42 Å². The van der Waals surface area contributed by atoms with E-state index >= 15 is 0 Å². The fourth-order valence-electron chi connectivity index (χ4n) is 2.64. The van der Waals surface area contributed by atoms with Crippen LogP contribution < -0.4 is 5.90 Å². The molecule has 2 atom stereocenters. The summed E-state index contributed by atoms with van der Waals surface area (Å²) in [6, 6.07) is 0. The number of hydrogen-bond donors (Lipinski definition) is 3. The Hall–Kier alpha value is -0.540. The predicted molar refractivity (Wildman–Crippen MR) is 110 cm³/mol. The average molecular weight is 442 g/mol. The molecule has 0 radical (unpaired) electrons. The number of aliphatic hydroxyl groups is 2. The van der Waals surface area contributed by atoms with Crippen LogP contribution in [0.1, 0.15) is 84.0 Å². The minimum Gasteiger partial charge on any atom is -0.463 e. The molecule has 0 fully saturated rings. The number of carbonyl (C=O) groups excluding carboxylic acids is 1. The van der Waals surface area contributed by atoms with Crippen LogP contribution in [-0.2, 0) is 27.8 Å². The summed E-state index contributed by atoms with van der Waals surface area (Å²) in [5.74, 6) is 4.52. The zero-order valence-electron chi connectivity index (χ0n) is 17.8. The van der Waals surface area contributed by atoms with Gasteiger partial charge in [0, 0.05) is 6.42 Å². The molecule has 0 saturated heterocycles. The van der Waals surface area contributed by atoms with E-state index in [-0.39, 0.29) is 19.2 Å². The first-order chi connectivity index (χ1) is 14.0. The molecule has 9 nitrogen and oxygen atoms in total. The number of phosphoric acid groups is 1. The van der Waals surface area contributed by atoms with E-state index < -0.39 is 27.1 Å². The fourth-order valence-corrected chi connectivity index (χ4v) is 3.49. The summed E-state index contributed by atoms with van der Waals surface area (Å²) >= 11 is 0. The van der Waals surface area contributed by atoms with Gasteiger partial charge in [0.1, 0.15) is 12.7 Å². The molecule has 0 aromatic heterocycles. The number of phosphoric ester groups is 1. The second kappa shape index (κ2) is 19.4. The Bertz CT molecular complexity index is 438. The molecule has 4 N–H and O–H groups in total. The lowest BCUT2D eigenvalue weighted by Gasteiger charge is -2.16. The molecule has 0 aromatic carbocycles. The Morgan fingerprint density at radius 3 is 2.00 bits per heavy atom. The highest BCUT2D eigenvalue weighted by atomic mass is 31.2. The van der Waals surface area contributed by atoms with Crippen molar-refractivity contribution in [1.29, 1.82) is 0 Å². The van der Waals surface area contributed by atoms with Gasteiger partial charge >= 0.3 is 13.8 Å². The summed E-state index contributed by atoms with van der Waals surface area (Å²) in [6.07, 6.45) is 12.4. The lowest BCUT2D eigenvalue weighted by atomic mass is 10.1. The van der Waals surface area contributed by atoms with Crippen molar-refractivity contribution in [1.82, 2.24) is 0 Å². The van der Waals surface area contributed by atoms with E-state index in [0.717, 1.165) is 19.3 Å². The van der Waals surface area contributed by atoms with Crippen LogP contribution in [0.5, 0.6) is 0 Å². The SMILES string of the molecule is CCCCCCCCCCCCCC(=O)OCCOP(=O)(ON)OCC(O)CO. The Balaban J connectivity index is 3.56. The number of unbranched alkanes of at least 4 members (excludes halogenated alkanes) is 10. The van der Waals surface area contributed by atoms with Crippen molar-refractivity contribution in [2.45, 2.75) is 90.1 Å². The summed E-state index contributed by atoms with van der Waals surface area (Å²) < 4.78 is 30.6. The quantitative estimate of drug-likeness (QED) is 0.105. The van der Waals surface area contributed by atoms with Crippen molar-refractivity contribution in [3.8, 4) is 0 Å². The van der Waals surface area contributed by atoms with Crippen molar-refractivity contribution in [2.75, 3.05) is 26.4 Å². The van der Waals surface area contributed by atoms with Crippen molar-refractivity contribution in [3.05, 3.63) is 0 Å². The third-order valence-electron chi connectivity index (χ3n) is 4.35. The second-order valence-corrected chi connectivity index (χ2v) is 8.65. The van der Waals surface area contributed by atoms with Gasteiger partial charge in [-0.3, -0.25) is 13.8 Å². The third kappa shape index (κ3) is 18.0. The van der Waals surface area contributed by atoms with Crippen molar-refractivity contribution in [3.63, 3.8) is 0 Å². The maximum Gasteiger partial charge on any atom is 0.491 e. The lowest BCUT2D eigenvalue weighted by molar-refractivity contribution is -0.144. The molecule has 0 aliphatic heterocycles. The minimum absolute atomic E-state index is 0.115. The van der Waals surface area contributed by atoms with Crippen LogP contribution in [0.4, 0.5) is 0 Å². The van der Waals surface area contributed by atoms with Crippen LogP contribution in [0.3, 0.4) is 0 Å². The molecule has 0 saturated carbocycles. The molecule has 0 amide bonds. The fraction of sp³-hybridized carbons (Fsp3) is 0.947. The second-order valence-electron chi connectivity index (χ2n) is 7.02. The maximum atomic E-state index is 11.9. The van der Waals surface area contributed by atoms with Gasteiger partial charge in [-0.25, -0.2) is 15.1 Å². The van der Waals surface area contributed by atoms with Crippen LogP contribution in [0.15, 0.2) is 0 Å². The first-order valence-electron chi connectivity index (χ1n) is 10.7. The molecule has 0 spiro atoms. The molecule has 0 aromatic rings. The summed E-state index contributed by atoms with van der Waals surface area (Å²) in [6.45, 7) is 0.845. The first kappa shape index (κ1) is 28.5. The van der Waals surface area contributed by atoms with Gasteiger partial charge in [0.15, 0.2) is 0 Å². The van der Waals surface area contributed by atoms with Gasteiger partial charge in [-0.2, -0.15) is 0 Å². The minimum atomic E-state index is -4.06. The monoisotopic (exact) mass is 441 g/mol. The molecule has 29 heavy (non-hydrogen) atoms. The van der Waals surface area contributed by atoms with Gasteiger partial charge in [-0.1, -0.05) is 71.1 Å². The van der Waals surface area contributed by atoms with Gasteiger partial charge in [0.05, 0.1) is 19.8 Å². The topological polar surface area (TPSA) is 138 Å². The summed E-state index contributed by atoms with van der Waals surface area (Å²) in [7, 11) is -4.06. The molecular formula is C19H40NO8P. The Labute approximate surface area is 174 Å². The molecule has 0 bridgehead atoms. The zero-order chi connectivity index (χ0) is 21.8. The Morgan fingerprint density at radius 1 is 0.931 bits per heavy atom. The van der Waals surface area contributed by atoms with Crippen LogP contribution in [0, 0.1) is 0 Å². The number of esters is 1. The van der Waals surface area contributed by atoms with Gasteiger partial charge in [-0.15, -0.1) is 0 Å². The van der Waals surface area contributed by atoms with E-state index in [1.165, 1.54) is 51.4 Å². The van der Waals surface area contributed by atoms with Gasteiger partial charge in [0.25, 0.3) is 0 Å². The highest BCUT2D eigenvalue weighted by molar-refractivity contribution is 7.48. The number of nitrogens with two attached hydrogens (primary N) is 1. The van der Waals surface area contributed by atoms with E-state index in [1.807, 2.05) is 0 Å². The van der Waals surface area contributed by atoms with Crippen LogP contribution in [0.2, 0.25) is 0 Å². The summed E-state index contributed by atoms with van der Waals surface area (Å²) in [5.41, 5.74) is 0. The first-order valence-corrected chi connectivity index (χ1v) is 12.2. The zero-order valence-corrected chi connectivity index (χ0v) is 18.7. The molecule has 0 heterocycles. The number of carbonyl (C=O) groups is 1. The molecule has 174 valence electrons. The molecule has 10 heteroatoms. The van der Waals surface area contributed by atoms with Crippen molar-refractivity contribution in [2.24, 2.45) is 5.90 Å². The van der Waals surface area contributed by atoms with E-state index in [9.17, 15) is 9.36 Å². The van der Waals surface area contributed by atoms with Crippen molar-refractivity contribution >= 4 is 13.8 Å². The predicted octanol–water partition coefficient (Wildman–Crippen LogP) is 3.62.